The van der Waals surface area contributed by atoms with Crippen molar-refractivity contribution in [3.05, 3.63) is 48.0 Å². The molecule has 114 valence electrons. The standard InChI is InChI=1S/C18H25NOS/c1-13(2)14(3)21(20)12-18(19-4)17-11-7-9-15-8-5-6-10-16(15)17/h5-11,13-14,18-19H,12H2,1-4H3. The lowest BCUT2D eigenvalue weighted by atomic mass is 10.00. The van der Waals surface area contributed by atoms with Crippen molar-refractivity contribution in [1.29, 1.82) is 0 Å². The van der Waals surface area contributed by atoms with Crippen LogP contribution in [0.1, 0.15) is 32.4 Å². The van der Waals surface area contributed by atoms with Crippen molar-refractivity contribution in [2.45, 2.75) is 32.1 Å². The van der Waals surface area contributed by atoms with Crippen molar-refractivity contribution in [1.82, 2.24) is 5.32 Å². The molecule has 0 amide bonds. The second kappa shape index (κ2) is 7.19. The molecule has 0 saturated heterocycles. The first-order valence-corrected chi connectivity index (χ1v) is 8.95. The predicted octanol–water partition coefficient (Wildman–Crippen LogP) is 3.89. The van der Waals surface area contributed by atoms with Crippen LogP contribution in [-0.4, -0.2) is 22.3 Å². The minimum Gasteiger partial charge on any atom is -0.312 e. The molecule has 0 radical (unpaired) electrons. The topological polar surface area (TPSA) is 29.1 Å². The van der Waals surface area contributed by atoms with E-state index in [0.29, 0.717) is 11.7 Å². The largest absolute Gasteiger partial charge is 0.312 e. The van der Waals surface area contributed by atoms with Gasteiger partial charge < -0.3 is 5.32 Å². The molecule has 3 atom stereocenters. The van der Waals surface area contributed by atoms with Crippen molar-refractivity contribution in [3.8, 4) is 0 Å². The van der Waals surface area contributed by atoms with Crippen LogP contribution >= 0.6 is 0 Å². The minimum absolute atomic E-state index is 0.123. The molecule has 0 aliphatic carbocycles. The summed E-state index contributed by atoms with van der Waals surface area (Å²) in [6, 6.07) is 14.9. The van der Waals surface area contributed by atoms with E-state index >= 15 is 0 Å². The van der Waals surface area contributed by atoms with Crippen molar-refractivity contribution < 1.29 is 4.21 Å². The van der Waals surface area contributed by atoms with Crippen LogP contribution in [0.25, 0.3) is 10.8 Å². The second-order valence-corrected chi connectivity index (χ2v) is 7.74. The van der Waals surface area contributed by atoms with E-state index in [2.05, 4.69) is 68.6 Å². The fourth-order valence-corrected chi connectivity index (χ4v) is 4.09. The van der Waals surface area contributed by atoms with E-state index in [-0.39, 0.29) is 11.3 Å². The Morgan fingerprint density at radius 2 is 1.71 bits per heavy atom. The second-order valence-electron chi connectivity index (χ2n) is 5.91. The Morgan fingerprint density at radius 1 is 1.05 bits per heavy atom. The Kier molecular flexibility index (Phi) is 5.54. The normalized spacial score (nSPS) is 16.0. The Bertz CT molecular complexity index is 618. The monoisotopic (exact) mass is 303 g/mol. The molecule has 2 aromatic carbocycles. The first-order chi connectivity index (χ1) is 10.0. The number of nitrogens with one attached hydrogen (secondary N) is 1. The van der Waals surface area contributed by atoms with E-state index in [1.807, 2.05) is 7.05 Å². The Balaban J connectivity index is 2.30. The molecule has 0 saturated carbocycles. The highest BCUT2D eigenvalue weighted by Gasteiger charge is 2.21. The third-order valence-corrected chi connectivity index (χ3v) is 6.27. The first kappa shape index (κ1) is 16.2. The average molecular weight is 303 g/mol. The van der Waals surface area contributed by atoms with Crippen LogP contribution in [0.2, 0.25) is 0 Å². The molecular weight excluding hydrogens is 278 g/mol. The molecule has 0 spiro atoms. The van der Waals surface area contributed by atoms with Gasteiger partial charge in [-0.3, -0.25) is 4.21 Å². The Labute approximate surface area is 130 Å². The number of hydrogen-bond donors (Lipinski definition) is 1. The third kappa shape index (κ3) is 3.72. The van der Waals surface area contributed by atoms with E-state index in [9.17, 15) is 4.21 Å². The Hall–Kier alpha value is -1.19. The quantitative estimate of drug-likeness (QED) is 0.877. The lowest BCUT2D eigenvalue weighted by molar-refractivity contribution is 0.590. The zero-order valence-electron chi connectivity index (χ0n) is 13.3. The fraction of sp³-hybridized carbons (Fsp3) is 0.444. The Morgan fingerprint density at radius 3 is 2.38 bits per heavy atom. The molecule has 0 aromatic heterocycles. The molecule has 21 heavy (non-hydrogen) atoms. The summed E-state index contributed by atoms with van der Waals surface area (Å²) in [5.41, 5.74) is 1.24. The van der Waals surface area contributed by atoms with Crippen molar-refractivity contribution >= 4 is 21.6 Å². The molecule has 3 heteroatoms. The van der Waals surface area contributed by atoms with Gasteiger partial charge in [0.05, 0.1) is 0 Å². The van der Waals surface area contributed by atoms with E-state index in [1.165, 1.54) is 16.3 Å². The van der Waals surface area contributed by atoms with Gasteiger partial charge in [-0.25, -0.2) is 0 Å². The van der Waals surface area contributed by atoms with Crippen molar-refractivity contribution in [3.63, 3.8) is 0 Å². The summed E-state index contributed by atoms with van der Waals surface area (Å²) in [6.45, 7) is 6.35. The molecule has 2 nitrogen and oxygen atoms in total. The van der Waals surface area contributed by atoms with Gasteiger partial charge in [-0.05, 0) is 29.3 Å². The van der Waals surface area contributed by atoms with Gasteiger partial charge in [0.1, 0.15) is 0 Å². The van der Waals surface area contributed by atoms with Gasteiger partial charge in [0.15, 0.2) is 0 Å². The van der Waals surface area contributed by atoms with Gasteiger partial charge in [-0.2, -0.15) is 0 Å². The molecule has 2 aromatic rings. The summed E-state index contributed by atoms with van der Waals surface area (Å²) in [5, 5.41) is 6.04. The third-order valence-electron chi connectivity index (χ3n) is 4.23. The lowest BCUT2D eigenvalue weighted by Crippen LogP contribution is -2.28. The van der Waals surface area contributed by atoms with Crippen LogP contribution in [0.3, 0.4) is 0 Å². The maximum atomic E-state index is 12.5. The van der Waals surface area contributed by atoms with Gasteiger partial charge in [-0.15, -0.1) is 0 Å². The number of benzene rings is 2. The smallest absolute Gasteiger partial charge is 0.0440 e. The zero-order chi connectivity index (χ0) is 15.4. The highest BCUT2D eigenvalue weighted by atomic mass is 32.2. The van der Waals surface area contributed by atoms with Gasteiger partial charge in [0, 0.05) is 27.8 Å². The highest BCUT2D eigenvalue weighted by Crippen LogP contribution is 2.25. The van der Waals surface area contributed by atoms with Crippen molar-refractivity contribution in [2.24, 2.45) is 5.92 Å². The van der Waals surface area contributed by atoms with Gasteiger partial charge in [0.25, 0.3) is 0 Å². The maximum Gasteiger partial charge on any atom is 0.0440 e. The van der Waals surface area contributed by atoms with Crippen LogP contribution in [0.5, 0.6) is 0 Å². The molecule has 2 rings (SSSR count). The molecule has 0 bridgehead atoms. The van der Waals surface area contributed by atoms with E-state index in [4.69, 9.17) is 0 Å². The summed E-state index contributed by atoms with van der Waals surface area (Å²) in [6.07, 6.45) is 0. The number of hydrogen-bond acceptors (Lipinski definition) is 2. The zero-order valence-corrected chi connectivity index (χ0v) is 14.1. The van der Waals surface area contributed by atoms with Gasteiger partial charge in [0.2, 0.25) is 0 Å². The van der Waals surface area contributed by atoms with Gasteiger partial charge in [-0.1, -0.05) is 63.2 Å². The van der Waals surface area contributed by atoms with Gasteiger partial charge >= 0.3 is 0 Å². The summed E-state index contributed by atoms with van der Waals surface area (Å²) in [5.74, 6) is 1.10. The molecule has 0 aliphatic heterocycles. The molecule has 0 fully saturated rings. The molecule has 1 N–H and O–H groups in total. The molecule has 3 unspecified atom stereocenters. The van der Waals surface area contributed by atoms with E-state index in [1.54, 1.807) is 0 Å². The summed E-state index contributed by atoms with van der Waals surface area (Å²) in [4.78, 5) is 0. The minimum atomic E-state index is -0.831. The first-order valence-electron chi connectivity index (χ1n) is 7.56. The maximum absolute atomic E-state index is 12.5. The van der Waals surface area contributed by atoms with Crippen molar-refractivity contribution in [2.75, 3.05) is 12.8 Å². The number of rotatable bonds is 6. The highest BCUT2D eigenvalue weighted by molar-refractivity contribution is 7.85. The predicted molar refractivity (Wildman–Crippen MR) is 93.1 cm³/mol. The van der Waals surface area contributed by atoms with Crippen LogP contribution < -0.4 is 5.32 Å². The average Bonchev–Trinajstić information content (AvgIpc) is 2.51. The summed E-state index contributed by atoms with van der Waals surface area (Å²) in [7, 11) is 1.12. The summed E-state index contributed by atoms with van der Waals surface area (Å²) < 4.78 is 12.5. The van der Waals surface area contributed by atoms with Crippen LogP contribution in [0.4, 0.5) is 0 Å². The lowest BCUT2D eigenvalue weighted by Gasteiger charge is -2.22. The number of fused-ring (bicyclic) bond motifs is 1. The SMILES string of the molecule is CNC(CS(=O)C(C)C(C)C)c1cccc2ccccc12. The van der Waals surface area contributed by atoms with E-state index < -0.39 is 10.8 Å². The van der Waals surface area contributed by atoms with Crippen LogP contribution in [-0.2, 0) is 10.8 Å². The molecular formula is C18H25NOS. The summed E-state index contributed by atoms with van der Waals surface area (Å²) >= 11 is 0. The molecule has 0 aliphatic rings. The van der Waals surface area contributed by atoms with E-state index in [0.717, 1.165) is 0 Å². The van der Waals surface area contributed by atoms with Crippen LogP contribution in [0.15, 0.2) is 42.5 Å². The molecule has 0 heterocycles. The fourth-order valence-electron chi connectivity index (χ4n) is 2.50. The van der Waals surface area contributed by atoms with Crippen LogP contribution in [0, 0.1) is 5.92 Å².